The average molecular weight is 604 g/mol. The first-order valence-corrected chi connectivity index (χ1v) is 12.0. The van der Waals surface area contributed by atoms with E-state index in [0.29, 0.717) is 11.6 Å². The van der Waals surface area contributed by atoms with Gasteiger partial charge < -0.3 is 14.9 Å². The molecule has 0 unspecified atom stereocenters. The van der Waals surface area contributed by atoms with Crippen molar-refractivity contribution < 1.29 is 46.1 Å². The average Bonchev–Trinajstić information content (AvgIpc) is 3.10. The van der Waals surface area contributed by atoms with E-state index in [9.17, 15) is 41.0 Å². The third-order valence-electron chi connectivity index (χ3n) is 6.81. The Hall–Kier alpha value is -4.04. The Balaban J connectivity index is 1.72. The van der Waals surface area contributed by atoms with Crippen molar-refractivity contribution in [3.63, 3.8) is 0 Å². The fraction of sp³-hybridized carbons (Fsp3) is 0.269. The molecule has 0 aliphatic rings. The summed E-state index contributed by atoms with van der Waals surface area (Å²) in [6.07, 6.45) is -10.2. The zero-order valence-corrected chi connectivity index (χ0v) is 22.1. The number of nitrogens with zero attached hydrogens (tertiary/aromatic N) is 3. The van der Waals surface area contributed by atoms with Crippen LogP contribution in [0.4, 0.5) is 26.3 Å². The van der Waals surface area contributed by atoms with Gasteiger partial charge in [-0.3, -0.25) is 9.13 Å². The Morgan fingerprint density at radius 1 is 0.976 bits per heavy atom. The molecule has 4 rings (SSSR count). The quantitative estimate of drug-likeness (QED) is 0.262. The Bertz CT molecular complexity index is 1730. The number of hydrogen-bond acceptors (Lipinski definition) is 5. The number of aryl methyl sites for hydroxylation is 2. The number of carbonyl (C=O) groups is 1. The highest BCUT2D eigenvalue weighted by molar-refractivity contribution is 6.31. The second-order valence-electron chi connectivity index (χ2n) is 9.22. The Morgan fingerprint density at radius 2 is 1.61 bits per heavy atom. The summed E-state index contributed by atoms with van der Waals surface area (Å²) in [5.74, 6) is -4.37. The summed E-state index contributed by atoms with van der Waals surface area (Å²) in [6.45, 7) is 1.10. The van der Waals surface area contributed by atoms with Gasteiger partial charge in [0, 0.05) is 31.1 Å². The molecule has 0 amide bonds. The predicted molar refractivity (Wildman–Crippen MR) is 134 cm³/mol. The molecule has 0 aliphatic carbocycles. The molecule has 0 radical (unpaired) electrons. The van der Waals surface area contributed by atoms with Gasteiger partial charge in [0.1, 0.15) is 5.75 Å². The highest BCUT2D eigenvalue weighted by Crippen LogP contribution is 2.50. The Morgan fingerprint density at radius 3 is 2.17 bits per heavy atom. The number of hydrogen-bond donors (Lipinski definition) is 2. The number of carboxylic acids is 1. The Kier molecular flexibility index (Phi) is 7.37. The van der Waals surface area contributed by atoms with Crippen molar-refractivity contribution in [2.24, 2.45) is 14.1 Å². The highest BCUT2D eigenvalue weighted by Gasteiger charge is 2.59. The second kappa shape index (κ2) is 10.1. The van der Waals surface area contributed by atoms with Crippen LogP contribution in [0, 0.1) is 0 Å². The standard InChI is InChI=1S/C26H20ClF6N3O5/c1-12(24(40,26(31,32)33)13-4-8-18-19(10-13)36(3)23(39)35(18)2)15-6-5-14(11-17(15)27)41-20-9-7-16(25(28,29)30)21(34-20)22(37)38/h4-12,40H,1-3H3,(H,37,38)/t12-,24-/m1/s1. The van der Waals surface area contributed by atoms with Crippen molar-refractivity contribution >= 4 is 28.6 Å². The SMILES string of the molecule is C[C@H](c1ccc(Oc2ccc(C(F)(F)F)c(C(=O)O)n2)cc1Cl)[C@@](O)(c1ccc2c(c1)n(C)c(=O)n2C)C(F)(F)F. The number of fused-ring (bicyclic) bond motifs is 1. The maximum atomic E-state index is 14.5. The van der Waals surface area contributed by atoms with Crippen LogP contribution in [-0.2, 0) is 25.9 Å². The summed E-state index contributed by atoms with van der Waals surface area (Å²) in [7, 11) is 2.83. The molecule has 218 valence electrons. The van der Waals surface area contributed by atoms with Gasteiger partial charge in [-0.15, -0.1) is 0 Å². The number of benzene rings is 2. The molecule has 2 heterocycles. The maximum Gasteiger partial charge on any atom is 0.422 e. The number of imidazole rings is 1. The lowest BCUT2D eigenvalue weighted by Gasteiger charge is -2.37. The lowest BCUT2D eigenvalue weighted by molar-refractivity contribution is -0.274. The molecule has 2 aromatic carbocycles. The number of aromatic nitrogens is 3. The molecule has 2 aromatic heterocycles. The van der Waals surface area contributed by atoms with Gasteiger partial charge in [0.05, 0.1) is 16.6 Å². The zero-order chi connectivity index (χ0) is 30.7. The fourth-order valence-electron chi connectivity index (χ4n) is 4.56. The van der Waals surface area contributed by atoms with Gasteiger partial charge in [-0.25, -0.2) is 14.6 Å². The number of pyridine rings is 1. The van der Waals surface area contributed by atoms with Gasteiger partial charge in [-0.1, -0.05) is 30.7 Å². The second-order valence-corrected chi connectivity index (χ2v) is 9.63. The molecule has 2 N–H and O–H groups in total. The summed E-state index contributed by atoms with van der Waals surface area (Å²) in [5, 5.41) is 20.0. The molecule has 8 nitrogen and oxygen atoms in total. The summed E-state index contributed by atoms with van der Waals surface area (Å²) < 4.78 is 90.5. The van der Waals surface area contributed by atoms with Gasteiger partial charge in [0.15, 0.2) is 11.3 Å². The number of aliphatic hydroxyl groups is 1. The van der Waals surface area contributed by atoms with Crippen LogP contribution in [-0.4, -0.2) is 36.5 Å². The van der Waals surface area contributed by atoms with Crippen LogP contribution < -0.4 is 10.4 Å². The topological polar surface area (TPSA) is 107 Å². The third-order valence-corrected chi connectivity index (χ3v) is 7.14. The zero-order valence-electron chi connectivity index (χ0n) is 21.3. The minimum atomic E-state index is -5.20. The van der Waals surface area contributed by atoms with Crippen LogP contribution in [0.1, 0.15) is 40.0 Å². The number of rotatable bonds is 6. The number of ether oxygens (including phenoxy) is 1. The summed E-state index contributed by atoms with van der Waals surface area (Å²) in [4.78, 5) is 26.9. The van der Waals surface area contributed by atoms with Gasteiger partial charge in [0.25, 0.3) is 0 Å². The van der Waals surface area contributed by atoms with Crippen molar-refractivity contribution in [1.82, 2.24) is 14.1 Å². The Labute approximate surface area is 232 Å². The molecule has 0 spiro atoms. The number of aromatic carboxylic acids is 1. The van der Waals surface area contributed by atoms with E-state index in [2.05, 4.69) is 4.98 Å². The van der Waals surface area contributed by atoms with Crippen LogP contribution in [0.5, 0.6) is 11.6 Å². The van der Waals surface area contributed by atoms with Gasteiger partial charge in [-0.2, -0.15) is 26.3 Å². The van der Waals surface area contributed by atoms with E-state index in [1.165, 1.54) is 24.7 Å². The minimum Gasteiger partial charge on any atom is -0.476 e. The van der Waals surface area contributed by atoms with Crippen molar-refractivity contribution in [2.75, 3.05) is 0 Å². The fourth-order valence-corrected chi connectivity index (χ4v) is 4.90. The van der Waals surface area contributed by atoms with Crippen LogP contribution in [0.15, 0.2) is 53.3 Å². The first-order chi connectivity index (χ1) is 18.9. The molecule has 2 atom stereocenters. The molecule has 0 fully saturated rings. The van der Waals surface area contributed by atoms with Crippen LogP contribution in [0.3, 0.4) is 0 Å². The predicted octanol–water partition coefficient (Wildman–Crippen LogP) is 5.99. The molecule has 0 bridgehead atoms. The molecule has 0 aliphatic heterocycles. The van der Waals surface area contributed by atoms with E-state index < -0.39 is 58.2 Å². The lowest BCUT2D eigenvalue weighted by Crippen LogP contribution is -2.46. The van der Waals surface area contributed by atoms with Crippen molar-refractivity contribution in [3.05, 3.63) is 86.4 Å². The van der Waals surface area contributed by atoms with E-state index in [1.807, 2.05) is 0 Å². The van der Waals surface area contributed by atoms with Crippen LogP contribution in [0.25, 0.3) is 11.0 Å². The number of halogens is 7. The number of carboxylic acid groups (broad SMARTS) is 1. The van der Waals surface area contributed by atoms with Gasteiger partial charge in [-0.05, 0) is 41.5 Å². The lowest BCUT2D eigenvalue weighted by atomic mass is 9.77. The minimum absolute atomic E-state index is 0.157. The monoisotopic (exact) mass is 603 g/mol. The first-order valence-electron chi connectivity index (χ1n) is 11.6. The smallest absolute Gasteiger partial charge is 0.422 e. The normalized spacial score (nSPS) is 14.6. The highest BCUT2D eigenvalue weighted by atomic mass is 35.5. The van der Waals surface area contributed by atoms with Crippen molar-refractivity contribution in [1.29, 1.82) is 0 Å². The molecular weight excluding hydrogens is 584 g/mol. The van der Waals surface area contributed by atoms with E-state index in [1.54, 1.807) is 0 Å². The molecule has 41 heavy (non-hydrogen) atoms. The van der Waals surface area contributed by atoms with Crippen LogP contribution >= 0.6 is 11.6 Å². The molecule has 0 saturated heterocycles. The van der Waals surface area contributed by atoms with Gasteiger partial charge >= 0.3 is 24.0 Å². The summed E-state index contributed by atoms with van der Waals surface area (Å²) in [5.41, 5.74) is -6.95. The van der Waals surface area contributed by atoms with E-state index >= 15 is 0 Å². The molecule has 0 saturated carbocycles. The number of alkyl halides is 6. The summed E-state index contributed by atoms with van der Waals surface area (Å²) in [6, 6.07) is 7.97. The maximum absolute atomic E-state index is 14.5. The third kappa shape index (κ3) is 5.12. The molecular formula is C26H20ClF6N3O5. The van der Waals surface area contributed by atoms with Crippen molar-refractivity contribution in [3.8, 4) is 11.6 Å². The molecule has 4 aromatic rings. The largest absolute Gasteiger partial charge is 0.476 e. The van der Waals surface area contributed by atoms with Crippen molar-refractivity contribution in [2.45, 2.75) is 30.8 Å². The molecule has 15 heteroatoms. The van der Waals surface area contributed by atoms with E-state index in [0.717, 1.165) is 47.9 Å². The van der Waals surface area contributed by atoms with Crippen LogP contribution in [0.2, 0.25) is 5.02 Å². The first kappa shape index (κ1) is 29.9. The van der Waals surface area contributed by atoms with E-state index in [-0.39, 0.29) is 21.9 Å². The van der Waals surface area contributed by atoms with Gasteiger partial charge in [0.2, 0.25) is 5.88 Å². The van der Waals surface area contributed by atoms with E-state index in [4.69, 9.17) is 21.4 Å². The summed E-state index contributed by atoms with van der Waals surface area (Å²) >= 11 is 6.27.